The number of hydrogen-bond acceptors (Lipinski definition) is 5. The highest BCUT2D eigenvalue weighted by Gasteiger charge is 2.33. The summed E-state index contributed by atoms with van der Waals surface area (Å²) < 4.78 is 34.1. The molecule has 0 unspecified atom stereocenters. The largest absolute Gasteiger partial charge is 0.497 e. The van der Waals surface area contributed by atoms with Gasteiger partial charge in [0.05, 0.1) is 27.7 Å². The summed E-state index contributed by atoms with van der Waals surface area (Å²) in [6.45, 7) is 5.36. The number of halogens is 2. The fourth-order valence-electron chi connectivity index (χ4n) is 4.12. The maximum Gasteiger partial charge on any atom is 0.264 e. The van der Waals surface area contributed by atoms with Crippen LogP contribution in [0, 0.1) is 6.92 Å². The number of hydrogen-bond donors (Lipinski definition) is 1. The Hall–Kier alpha value is -3.27. The number of rotatable bonds is 13. The van der Waals surface area contributed by atoms with Crippen LogP contribution in [0.4, 0.5) is 5.69 Å². The second kappa shape index (κ2) is 14.6. The number of carbonyl (C=O) groups is 2. The van der Waals surface area contributed by atoms with Gasteiger partial charge in [-0.15, -0.1) is 0 Å². The van der Waals surface area contributed by atoms with Gasteiger partial charge >= 0.3 is 0 Å². The molecule has 3 aromatic rings. The molecule has 41 heavy (non-hydrogen) atoms. The van der Waals surface area contributed by atoms with Gasteiger partial charge in [-0.1, -0.05) is 72.4 Å². The zero-order valence-electron chi connectivity index (χ0n) is 23.6. The van der Waals surface area contributed by atoms with Gasteiger partial charge in [-0.05, 0) is 62.2 Å². The maximum absolute atomic E-state index is 14.0. The number of sulfonamides is 1. The minimum absolute atomic E-state index is 0.0117. The number of ether oxygens (including phenoxy) is 1. The number of aryl methyl sites for hydroxylation is 1. The summed E-state index contributed by atoms with van der Waals surface area (Å²) >= 11 is 12.7. The van der Waals surface area contributed by atoms with Crippen molar-refractivity contribution in [1.29, 1.82) is 0 Å². The van der Waals surface area contributed by atoms with Crippen molar-refractivity contribution in [2.45, 2.75) is 51.1 Å². The number of benzene rings is 3. The molecule has 0 aliphatic heterocycles. The number of carbonyl (C=O) groups excluding carboxylic acids is 2. The van der Waals surface area contributed by atoms with Crippen molar-refractivity contribution >= 4 is 50.7 Å². The Bertz CT molecular complexity index is 1470. The van der Waals surface area contributed by atoms with Crippen LogP contribution in [-0.2, 0) is 26.2 Å². The molecule has 0 aliphatic rings. The van der Waals surface area contributed by atoms with E-state index < -0.39 is 28.5 Å². The molecule has 0 saturated heterocycles. The van der Waals surface area contributed by atoms with Crippen LogP contribution in [0.5, 0.6) is 5.75 Å². The van der Waals surface area contributed by atoms with Crippen molar-refractivity contribution in [3.05, 3.63) is 87.9 Å². The van der Waals surface area contributed by atoms with Crippen molar-refractivity contribution in [2.75, 3.05) is 24.5 Å². The van der Waals surface area contributed by atoms with E-state index in [2.05, 4.69) is 5.32 Å². The summed E-state index contributed by atoms with van der Waals surface area (Å²) in [5.74, 6) is -0.356. The van der Waals surface area contributed by atoms with Crippen LogP contribution in [0.2, 0.25) is 10.0 Å². The van der Waals surface area contributed by atoms with Gasteiger partial charge in [0.2, 0.25) is 11.8 Å². The van der Waals surface area contributed by atoms with Gasteiger partial charge in [-0.3, -0.25) is 13.9 Å². The van der Waals surface area contributed by atoms with Gasteiger partial charge in [0, 0.05) is 13.1 Å². The molecule has 0 fully saturated rings. The Labute approximate surface area is 252 Å². The van der Waals surface area contributed by atoms with Crippen molar-refractivity contribution in [2.24, 2.45) is 0 Å². The van der Waals surface area contributed by atoms with Gasteiger partial charge in [0.25, 0.3) is 10.0 Å². The second-order valence-corrected chi connectivity index (χ2v) is 12.2. The molecule has 0 aliphatic carbocycles. The molecule has 0 heterocycles. The fraction of sp³-hybridized carbons (Fsp3) is 0.333. The van der Waals surface area contributed by atoms with Gasteiger partial charge in [0.15, 0.2) is 0 Å². The van der Waals surface area contributed by atoms with Gasteiger partial charge in [0.1, 0.15) is 18.3 Å². The number of unbranched alkanes of at least 4 members (excludes halogenated alkanes) is 1. The first-order chi connectivity index (χ1) is 19.5. The topological polar surface area (TPSA) is 96.0 Å². The lowest BCUT2D eigenvalue weighted by molar-refractivity contribution is -0.139. The van der Waals surface area contributed by atoms with Crippen molar-refractivity contribution in [3.8, 4) is 5.75 Å². The summed E-state index contributed by atoms with van der Waals surface area (Å²) in [6.07, 6.45) is 1.69. The molecule has 0 saturated carbocycles. The van der Waals surface area contributed by atoms with E-state index in [1.807, 2.05) is 13.8 Å². The predicted octanol–water partition coefficient (Wildman–Crippen LogP) is 5.84. The SMILES string of the molecule is CCCCNC(=O)[C@@H](C)N(Cc1cccc(OC)c1)C(=O)CN(c1cccc(Cl)c1Cl)S(=O)(=O)c1ccc(C)cc1. The third-order valence-electron chi connectivity index (χ3n) is 6.57. The van der Waals surface area contributed by atoms with Crippen LogP contribution in [0.1, 0.15) is 37.8 Å². The zero-order chi connectivity index (χ0) is 30.2. The molecule has 0 bridgehead atoms. The highest BCUT2D eigenvalue weighted by molar-refractivity contribution is 7.92. The van der Waals surface area contributed by atoms with Crippen LogP contribution in [0.15, 0.2) is 71.6 Å². The predicted molar refractivity (Wildman–Crippen MR) is 163 cm³/mol. The lowest BCUT2D eigenvalue weighted by Crippen LogP contribution is -2.51. The van der Waals surface area contributed by atoms with E-state index in [0.29, 0.717) is 17.9 Å². The lowest BCUT2D eigenvalue weighted by atomic mass is 10.1. The summed E-state index contributed by atoms with van der Waals surface area (Å²) in [5, 5.41) is 2.99. The number of anilines is 1. The quantitative estimate of drug-likeness (QED) is 0.243. The molecule has 0 aromatic heterocycles. The van der Waals surface area contributed by atoms with E-state index in [4.69, 9.17) is 27.9 Å². The van der Waals surface area contributed by atoms with Crippen LogP contribution in [0.3, 0.4) is 0 Å². The maximum atomic E-state index is 14.0. The molecule has 0 spiro atoms. The van der Waals surface area contributed by atoms with Crippen molar-refractivity contribution in [1.82, 2.24) is 10.2 Å². The van der Waals surface area contributed by atoms with E-state index in [1.54, 1.807) is 49.4 Å². The normalized spacial score (nSPS) is 12.0. The van der Waals surface area contributed by atoms with Gasteiger partial charge in [-0.25, -0.2) is 8.42 Å². The summed E-state index contributed by atoms with van der Waals surface area (Å²) in [4.78, 5) is 28.4. The smallest absolute Gasteiger partial charge is 0.264 e. The Morgan fingerprint density at radius 1 is 1.02 bits per heavy atom. The minimum Gasteiger partial charge on any atom is -0.497 e. The average Bonchev–Trinajstić information content (AvgIpc) is 2.96. The monoisotopic (exact) mass is 619 g/mol. The van der Waals surface area contributed by atoms with Crippen molar-refractivity contribution < 1.29 is 22.7 Å². The van der Waals surface area contributed by atoms with Crippen LogP contribution in [-0.4, -0.2) is 51.4 Å². The highest BCUT2D eigenvalue weighted by Crippen LogP contribution is 2.35. The van der Waals surface area contributed by atoms with E-state index in [-0.39, 0.29) is 33.1 Å². The Morgan fingerprint density at radius 3 is 2.37 bits per heavy atom. The highest BCUT2D eigenvalue weighted by atomic mass is 35.5. The second-order valence-electron chi connectivity index (χ2n) is 9.59. The fourth-order valence-corrected chi connectivity index (χ4v) is 6.00. The van der Waals surface area contributed by atoms with E-state index >= 15 is 0 Å². The summed E-state index contributed by atoms with van der Waals surface area (Å²) in [7, 11) is -2.73. The molecule has 0 radical (unpaired) electrons. The third kappa shape index (κ3) is 8.15. The number of nitrogens with one attached hydrogen (secondary N) is 1. The zero-order valence-corrected chi connectivity index (χ0v) is 25.9. The van der Waals surface area contributed by atoms with Crippen LogP contribution < -0.4 is 14.4 Å². The Balaban J connectivity index is 2.05. The average molecular weight is 621 g/mol. The first kappa shape index (κ1) is 32.2. The molecule has 11 heteroatoms. The lowest BCUT2D eigenvalue weighted by Gasteiger charge is -2.32. The molecule has 3 rings (SSSR count). The van der Waals surface area contributed by atoms with Crippen molar-refractivity contribution in [3.63, 3.8) is 0 Å². The molecule has 1 atom stereocenters. The standard InChI is InChI=1S/C30H35Cl2N3O5S/c1-5-6-17-33-30(37)22(3)34(19-23-9-7-10-24(18-23)40-4)28(36)20-35(27-12-8-11-26(31)29(27)32)41(38,39)25-15-13-21(2)14-16-25/h7-16,18,22H,5-6,17,19-20H2,1-4H3,(H,33,37)/t22-/m1/s1. The molecular formula is C30H35Cl2N3O5S. The first-order valence-electron chi connectivity index (χ1n) is 13.2. The molecule has 220 valence electrons. The van der Waals surface area contributed by atoms with E-state index in [1.165, 1.54) is 36.3 Å². The number of nitrogens with zero attached hydrogens (tertiary/aromatic N) is 2. The molecule has 2 amide bonds. The molecule has 8 nitrogen and oxygen atoms in total. The number of amides is 2. The summed E-state index contributed by atoms with van der Waals surface area (Å²) in [6, 6.07) is 17.1. The van der Waals surface area contributed by atoms with E-state index in [0.717, 1.165) is 22.7 Å². The Morgan fingerprint density at radius 2 is 1.71 bits per heavy atom. The van der Waals surface area contributed by atoms with Crippen LogP contribution >= 0.6 is 23.2 Å². The Kier molecular flexibility index (Phi) is 11.5. The molecule has 3 aromatic carbocycles. The first-order valence-corrected chi connectivity index (χ1v) is 15.4. The van der Waals surface area contributed by atoms with Gasteiger partial charge < -0.3 is 15.0 Å². The molecular weight excluding hydrogens is 585 g/mol. The summed E-state index contributed by atoms with van der Waals surface area (Å²) in [5.41, 5.74) is 1.63. The molecule has 1 N–H and O–H groups in total. The minimum atomic E-state index is -4.26. The third-order valence-corrected chi connectivity index (χ3v) is 9.15. The van der Waals surface area contributed by atoms with Gasteiger partial charge in [-0.2, -0.15) is 0 Å². The van der Waals surface area contributed by atoms with Crippen LogP contribution in [0.25, 0.3) is 0 Å². The number of methoxy groups -OCH3 is 1. The van der Waals surface area contributed by atoms with E-state index in [9.17, 15) is 18.0 Å².